The monoisotopic (exact) mass is 355 g/mol. The summed E-state index contributed by atoms with van der Waals surface area (Å²) in [5.74, 6) is -0.0354. The smallest absolute Gasteiger partial charge is 0.313 e. The van der Waals surface area contributed by atoms with Gasteiger partial charge in [-0.25, -0.2) is 0 Å². The van der Waals surface area contributed by atoms with E-state index in [0.717, 1.165) is 45.3 Å². The van der Waals surface area contributed by atoms with E-state index in [2.05, 4.69) is 34.3 Å². The Morgan fingerprint density at radius 2 is 2.08 bits per heavy atom. The van der Waals surface area contributed by atoms with Crippen LogP contribution in [0.1, 0.15) is 37.3 Å². The zero-order valence-electron chi connectivity index (χ0n) is 15.9. The lowest BCUT2D eigenvalue weighted by molar-refractivity contribution is -0.160. The van der Waals surface area contributed by atoms with E-state index in [0.29, 0.717) is 6.61 Å². The van der Waals surface area contributed by atoms with Crippen molar-refractivity contribution >= 4 is 5.97 Å². The molecule has 1 unspecified atom stereocenters. The molecular formula is C21H29N3O2. The first-order chi connectivity index (χ1) is 12.6. The lowest BCUT2D eigenvalue weighted by atomic mass is 9.75. The van der Waals surface area contributed by atoms with Crippen molar-refractivity contribution in [3.63, 3.8) is 0 Å². The second kappa shape index (κ2) is 8.49. The fourth-order valence-electron chi connectivity index (χ4n) is 3.96. The van der Waals surface area contributed by atoms with Gasteiger partial charge in [0.15, 0.2) is 0 Å². The van der Waals surface area contributed by atoms with E-state index in [1.54, 1.807) is 0 Å². The average molecular weight is 355 g/mol. The van der Waals surface area contributed by atoms with Gasteiger partial charge in [0.25, 0.3) is 0 Å². The molecule has 3 rings (SSSR count). The number of ether oxygens (including phenoxy) is 1. The lowest BCUT2D eigenvalue weighted by Crippen LogP contribution is -2.48. The molecule has 26 heavy (non-hydrogen) atoms. The minimum absolute atomic E-state index is 0.0354. The van der Waals surface area contributed by atoms with Gasteiger partial charge in [0.05, 0.1) is 18.2 Å². The lowest BCUT2D eigenvalue weighted by Gasteiger charge is -2.41. The zero-order valence-corrected chi connectivity index (χ0v) is 15.9. The number of aryl methyl sites for hydroxylation is 2. The van der Waals surface area contributed by atoms with Crippen LogP contribution in [0.5, 0.6) is 0 Å². The summed E-state index contributed by atoms with van der Waals surface area (Å²) in [5, 5.41) is 4.26. The SMILES string of the molecule is CCOC(=O)C1(CCc2ccccc2)CCCN(Cc2cnn(C)c2)C1. The molecule has 0 bridgehead atoms. The summed E-state index contributed by atoms with van der Waals surface area (Å²) < 4.78 is 7.32. The largest absolute Gasteiger partial charge is 0.466 e. The number of esters is 1. The molecule has 5 heteroatoms. The minimum Gasteiger partial charge on any atom is -0.466 e. The van der Waals surface area contributed by atoms with Crippen molar-refractivity contribution in [1.82, 2.24) is 14.7 Å². The van der Waals surface area contributed by atoms with Gasteiger partial charge in [-0.1, -0.05) is 30.3 Å². The highest BCUT2D eigenvalue weighted by molar-refractivity contribution is 5.77. The van der Waals surface area contributed by atoms with Gasteiger partial charge in [-0.2, -0.15) is 5.10 Å². The van der Waals surface area contributed by atoms with Crippen LogP contribution >= 0.6 is 0 Å². The Morgan fingerprint density at radius 3 is 2.77 bits per heavy atom. The van der Waals surface area contributed by atoms with Gasteiger partial charge in [-0.05, 0) is 44.7 Å². The second-order valence-corrected chi connectivity index (χ2v) is 7.32. The maximum absolute atomic E-state index is 12.9. The molecule has 2 heterocycles. The highest BCUT2D eigenvalue weighted by atomic mass is 16.5. The van der Waals surface area contributed by atoms with Gasteiger partial charge in [0.1, 0.15) is 0 Å². The number of rotatable bonds is 7. The Hall–Kier alpha value is -2.14. The molecule has 0 spiro atoms. The van der Waals surface area contributed by atoms with Crippen LogP contribution in [0.4, 0.5) is 0 Å². The number of likely N-dealkylation sites (tertiary alicyclic amines) is 1. The molecule has 1 aromatic heterocycles. The summed E-state index contributed by atoms with van der Waals surface area (Å²) in [6, 6.07) is 10.4. The maximum Gasteiger partial charge on any atom is 0.313 e. The van der Waals surface area contributed by atoms with E-state index in [9.17, 15) is 4.79 Å². The first-order valence-corrected chi connectivity index (χ1v) is 9.52. The van der Waals surface area contributed by atoms with E-state index >= 15 is 0 Å². The molecule has 140 valence electrons. The predicted molar refractivity (Wildman–Crippen MR) is 102 cm³/mol. The molecule has 1 fully saturated rings. The number of nitrogens with zero attached hydrogens (tertiary/aromatic N) is 3. The van der Waals surface area contributed by atoms with E-state index in [1.807, 2.05) is 37.1 Å². The third-order valence-electron chi connectivity index (χ3n) is 5.26. The van der Waals surface area contributed by atoms with Gasteiger partial charge in [-0.3, -0.25) is 14.4 Å². The topological polar surface area (TPSA) is 47.4 Å². The van der Waals surface area contributed by atoms with Crippen LogP contribution in [0, 0.1) is 5.41 Å². The normalized spacial score (nSPS) is 20.8. The Bertz CT molecular complexity index is 713. The molecular weight excluding hydrogens is 326 g/mol. The van der Waals surface area contributed by atoms with Crippen LogP contribution in [-0.4, -0.2) is 40.3 Å². The van der Waals surface area contributed by atoms with Crippen LogP contribution in [0.2, 0.25) is 0 Å². The fourth-order valence-corrected chi connectivity index (χ4v) is 3.96. The van der Waals surface area contributed by atoms with Crippen molar-refractivity contribution in [2.75, 3.05) is 19.7 Å². The molecule has 0 N–H and O–H groups in total. The molecule has 0 saturated carbocycles. The fraction of sp³-hybridized carbons (Fsp3) is 0.524. The molecule has 1 atom stereocenters. The van der Waals surface area contributed by atoms with Crippen LogP contribution in [0.3, 0.4) is 0 Å². The summed E-state index contributed by atoms with van der Waals surface area (Å²) in [6.45, 7) is 4.93. The standard InChI is InChI=1S/C21H29N3O2/c1-3-26-20(25)21(12-10-18-8-5-4-6-9-18)11-7-13-24(17-21)16-19-14-22-23(2)15-19/h4-6,8-9,14-15H,3,7,10-13,16-17H2,1-2H3. The molecule has 1 aromatic carbocycles. The molecule has 2 aromatic rings. The highest BCUT2D eigenvalue weighted by Crippen LogP contribution is 2.36. The van der Waals surface area contributed by atoms with Crippen LogP contribution in [0.25, 0.3) is 0 Å². The Kier molecular flexibility index (Phi) is 6.09. The summed E-state index contributed by atoms with van der Waals surface area (Å²) in [5.41, 5.74) is 2.06. The average Bonchev–Trinajstić information content (AvgIpc) is 3.06. The summed E-state index contributed by atoms with van der Waals surface area (Å²) in [4.78, 5) is 15.3. The number of benzene rings is 1. The van der Waals surface area contributed by atoms with E-state index in [1.165, 1.54) is 11.1 Å². The number of carbonyl (C=O) groups is 1. The second-order valence-electron chi connectivity index (χ2n) is 7.32. The quantitative estimate of drug-likeness (QED) is 0.716. The molecule has 1 aliphatic heterocycles. The first kappa shape index (κ1) is 18.6. The van der Waals surface area contributed by atoms with E-state index < -0.39 is 5.41 Å². The van der Waals surface area contributed by atoms with Crippen molar-refractivity contribution in [2.24, 2.45) is 12.5 Å². The molecule has 5 nitrogen and oxygen atoms in total. The number of piperidine rings is 1. The van der Waals surface area contributed by atoms with Crippen molar-refractivity contribution in [1.29, 1.82) is 0 Å². The molecule has 0 radical (unpaired) electrons. The Labute approximate surface area is 156 Å². The van der Waals surface area contributed by atoms with Crippen molar-refractivity contribution in [2.45, 2.75) is 39.2 Å². The summed E-state index contributed by atoms with van der Waals surface area (Å²) in [7, 11) is 1.93. The van der Waals surface area contributed by atoms with Crippen LogP contribution < -0.4 is 0 Å². The Balaban J connectivity index is 1.72. The van der Waals surface area contributed by atoms with Gasteiger partial charge < -0.3 is 4.74 Å². The summed E-state index contributed by atoms with van der Waals surface area (Å²) >= 11 is 0. The van der Waals surface area contributed by atoms with Crippen LogP contribution in [0.15, 0.2) is 42.7 Å². The maximum atomic E-state index is 12.9. The number of hydrogen-bond acceptors (Lipinski definition) is 4. The van der Waals surface area contributed by atoms with Gasteiger partial charge >= 0.3 is 5.97 Å². The minimum atomic E-state index is -0.410. The van der Waals surface area contributed by atoms with Crippen molar-refractivity contribution in [3.05, 3.63) is 53.9 Å². The number of aromatic nitrogens is 2. The van der Waals surface area contributed by atoms with Gasteiger partial charge in [0.2, 0.25) is 0 Å². The van der Waals surface area contributed by atoms with Gasteiger partial charge in [0, 0.05) is 31.9 Å². The van der Waals surface area contributed by atoms with E-state index in [-0.39, 0.29) is 5.97 Å². The highest BCUT2D eigenvalue weighted by Gasteiger charge is 2.43. The molecule has 1 aliphatic rings. The summed E-state index contributed by atoms with van der Waals surface area (Å²) in [6.07, 6.45) is 7.62. The molecule has 1 saturated heterocycles. The molecule has 0 amide bonds. The predicted octanol–water partition coefficient (Wildman–Crippen LogP) is 3.20. The number of hydrogen-bond donors (Lipinski definition) is 0. The first-order valence-electron chi connectivity index (χ1n) is 9.52. The van der Waals surface area contributed by atoms with Gasteiger partial charge in [-0.15, -0.1) is 0 Å². The van der Waals surface area contributed by atoms with Crippen molar-refractivity contribution < 1.29 is 9.53 Å². The van der Waals surface area contributed by atoms with Crippen molar-refractivity contribution in [3.8, 4) is 0 Å². The molecule has 0 aliphatic carbocycles. The zero-order chi connectivity index (χ0) is 18.4. The third-order valence-corrected chi connectivity index (χ3v) is 5.26. The third kappa shape index (κ3) is 4.52. The Morgan fingerprint density at radius 1 is 1.27 bits per heavy atom. The van der Waals surface area contributed by atoms with Crippen LogP contribution in [-0.2, 0) is 29.5 Å². The van der Waals surface area contributed by atoms with E-state index in [4.69, 9.17) is 4.74 Å². The number of carbonyl (C=O) groups excluding carboxylic acids is 1.